The summed E-state index contributed by atoms with van der Waals surface area (Å²) in [5, 5.41) is 5.68. The van der Waals surface area contributed by atoms with Crippen LogP contribution in [-0.2, 0) is 26.2 Å². The van der Waals surface area contributed by atoms with Crippen molar-refractivity contribution >= 4 is 44.8 Å². The van der Waals surface area contributed by atoms with Crippen molar-refractivity contribution in [1.29, 1.82) is 0 Å². The average molecular weight is 410 g/mol. The fourth-order valence-corrected chi connectivity index (χ4v) is 3.23. The molecular weight excluding hydrogens is 390 g/mol. The highest BCUT2D eigenvalue weighted by atomic mass is 35.5. The zero-order valence-electron chi connectivity index (χ0n) is 14.9. The number of hydrogen-bond acceptors (Lipinski definition) is 4. The lowest BCUT2D eigenvalue weighted by Crippen LogP contribution is -2.37. The van der Waals surface area contributed by atoms with Crippen molar-refractivity contribution in [1.82, 2.24) is 4.31 Å². The Bertz CT molecular complexity index is 930. The summed E-state index contributed by atoms with van der Waals surface area (Å²) in [6.45, 7) is 1.04. The Labute approximate surface area is 163 Å². The van der Waals surface area contributed by atoms with Gasteiger partial charge in [-0.15, -0.1) is 0 Å². The van der Waals surface area contributed by atoms with E-state index in [1.165, 1.54) is 6.92 Å². The Hall–Kier alpha value is -2.42. The third-order valence-electron chi connectivity index (χ3n) is 3.58. The van der Waals surface area contributed by atoms with Crippen LogP contribution >= 0.6 is 11.6 Å². The lowest BCUT2D eigenvalue weighted by Gasteiger charge is -2.20. The second kappa shape index (κ2) is 8.98. The molecule has 0 heterocycles. The molecule has 2 N–H and O–H groups in total. The molecule has 27 heavy (non-hydrogen) atoms. The van der Waals surface area contributed by atoms with E-state index in [9.17, 15) is 18.0 Å². The van der Waals surface area contributed by atoms with Crippen molar-refractivity contribution in [3.63, 3.8) is 0 Å². The van der Waals surface area contributed by atoms with Crippen LogP contribution in [0.5, 0.6) is 0 Å². The molecule has 2 aromatic rings. The topological polar surface area (TPSA) is 95.6 Å². The van der Waals surface area contributed by atoms with E-state index in [2.05, 4.69) is 10.6 Å². The summed E-state index contributed by atoms with van der Waals surface area (Å²) in [6, 6.07) is 13.4. The molecule has 9 heteroatoms. The van der Waals surface area contributed by atoms with Gasteiger partial charge in [0.15, 0.2) is 0 Å². The third kappa shape index (κ3) is 6.67. The fraction of sp³-hybridized carbons (Fsp3) is 0.222. The highest BCUT2D eigenvalue weighted by Crippen LogP contribution is 2.19. The van der Waals surface area contributed by atoms with Gasteiger partial charge < -0.3 is 10.6 Å². The zero-order chi connectivity index (χ0) is 20.0. The van der Waals surface area contributed by atoms with Crippen molar-refractivity contribution in [3.05, 3.63) is 59.1 Å². The Morgan fingerprint density at radius 2 is 1.56 bits per heavy atom. The standard InChI is InChI=1S/C18H20ClN3O4S/c1-13(23)20-15-7-9-16(10-8-15)21-18(24)12-22(27(2,25)26)11-14-5-3-4-6-17(14)19/h3-10H,11-12H2,1-2H3,(H,20,23)(H,21,24). The van der Waals surface area contributed by atoms with Crippen LogP contribution in [0.4, 0.5) is 11.4 Å². The summed E-state index contributed by atoms with van der Waals surface area (Å²) < 4.78 is 25.1. The van der Waals surface area contributed by atoms with Gasteiger partial charge in [-0.1, -0.05) is 29.8 Å². The highest BCUT2D eigenvalue weighted by molar-refractivity contribution is 7.88. The molecule has 0 unspecified atom stereocenters. The predicted molar refractivity (Wildman–Crippen MR) is 106 cm³/mol. The van der Waals surface area contributed by atoms with Crippen molar-refractivity contribution in [3.8, 4) is 0 Å². The number of nitrogens with zero attached hydrogens (tertiary/aromatic N) is 1. The van der Waals surface area contributed by atoms with Gasteiger partial charge in [0, 0.05) is 29.9 Å². The molecule has 0 saturated heterocycles. The Balaban J connectivity index is 2.05. The first-order valence-corrected chi connectivity index (χ1v) is 10.2. The summed E-state index contributed by atoms with van der Waals surface area (Å²) >= 11 is 6.08. The van der Waals surface area contributed by atoms with Crippen molar-refractivity contribution in [2.45, 2.75) is 13.5 Å². The predicted octanol–water partition coefficient (Wildman–Crippen LogP) is 2.70. The van der Waals surface area contributed by atoms with Crippen LogP contribution in [0.3, 0.4) is 0 Å². The molecule has 2 amide bonds. The van der Waals surface area contributed by atoms with Crippen LogP contribution in [0.1, 0.15) is 12.5 Å². The number of hydrogen-bond donors (Lipinski definition) is 2. The van der Waals surface area contributed by atoms with E-state index in [0.717, 1.165) is 10.6 Å². The van der Waals surface area contributed by atoms with Crippen LogP contribution in [0, 0.1) is 0 Å². The minimum atomic E-state index is -3.62. The third-order valence-corrected chi connectivity index (χ3v) is 5.15. The van der Waals surface area contributed by atoms with Crippen LogP contribution in [-0.4, -0.2) is 37.3 Å². The number of halogens is 1. The van der Waals surface area contributed by atoms with Gasteiger partial charge in [0.25, 0.3) is 0 Å². The van der Waals surface area contributed by atoms with Crippen LogP contribution in [0.2, 0.25) is 5.02 Å². The molecule has 144 valence electrons. The maximum atomic E-state index is 12.3. The summed E-state index contributed by atoms with van der Waals surface area (Å²) in [7, 11) is -3.62. The molecule has 0 radical (unpaired) electrons. The maximum Gasteiger partial charge on any atom is 0.239 e. The molecule has 0 bridgehead atoms. The SMILES string of the molecule is CC(=O)Nc1ccc(NC(=O)CN(Cc2ccccc2Cl)S(C)(=O)=O)cc1. The minimum absolute atomic E-state index is 0.00655. The van der Waals surface area contributed by atoms with E-state index in [4.69, 9.17) is 11.6 Å². The van der Waals surface area contributed by atoms with Gasteiger partial charge in [-0.25, -0.2) is 8.42 Å². The largest absolute Gasteiger partial charge is 0.326 e. The van der Waals surface area contributed by atoms with Gasteiger partial charge in [0.2, 0.25) is 21.8 Å². The number of sulfonamides is 1. The average Bonchev–Trinajstić information content (AvgIpc) is 2.56. The lowest BCUT2D eigenvalue weighted by molar-refractivity contribution is -0.116. The van der Waals surface area contributed by atoms with Crippen LogP contribution in [0.15, 0.2) is 48.5 Å². The first kappa shape index (κ1) is 20.9. The van der Waals surface area contributed by atoms with E-state index >= 15 is 0 Å². The molecular formula is C18H20ClN3O4S. The highest BCUT2D eigenvalue weighted by Gasteiger charge is 2.21. The van der Waals surface area contributed by atoms with Crippen LogP contribution in [0.25, 0.3) is 0 Å². The molecule has 7 nitrogen and oxygen atoms in total. The molecule has 0 fully saturated rings. The molecule has 0 aliphatic heterocycles. The first-order chi connectivity index (χ1) is 12.6. The number of carbonyl (C=O) groups is 2. The lowest BCUT2D eigenvalue weighted by atomic mass is 10.2. The van der Waals surface area contributed by atoms with E-state index in [1.807, 2.05) is 0 Å². The number of nitrogens with one attached hydrogen (secondary N) is 2. The van der Waals surface area contributed by atoms with E-state index in [0.29, 0.717) is 22.0 Å². The smallest absolute Gasteiger partial charge is 0.239 e. The van der Waals surface area contributed by atoms with Gasteiger partial charge in [-0.05, 0) is 35.9 Å². The fourth-order valence-electron chi connectivity index (χ4n) is 2.31. The summed E-state index contributed by atoms with van der Waals surface area (Å²) in [6.07, 6.45) is 1.04. The molecule has 0 aliphatic carbocycles. The van der Waals surface area contributed by atoms with Crippen molar-refractivity contribution < 1.29 is 18.0 Å². The molecule has 2 aromatic carbocycles. The molecule has 0 spiro atoms. The normalized spacial score (nSPS) is 11.3. The number of anilines is 2. The number of amides is 2. The quantitative estimate of drug-likeness (QED) is 0.734. The summed E-state index contributed by atoms with van der Waals surface area (Å²) in [5.74, 6) is -0.685. The second-order valence-electron chi connectivity index (χ2n) is 5.93. The molecule has 0 saturated carbocycles. The van der Waals surface area contributed by atoms with Gasteiger partial charge >= 0.3 is 0 Å². The van der Waals surface area contributed by atoms with Crippen molar-refractivity contribution in [2.24, 2.45) is 0 Å². The molecule has 0 aromatic heterocycles. The van der Waals surface area contributed by atoms with Gasteiger partial charge in [-0.3, -0.25) is 9.59 Å². The van der Waals surface area contributed by atoms with E-state index in [-0.39, 0.29) is 19.0 Å². The molecule has 0 atom stereocenters. The van der Waals surface area contributed by atoms with Gasteiger partial charge in [-0.2, -0.15) is 4.31 Å². The summed E-state index contributed by atoms with van der Waals surface area (Å²) in [4.78, 5) is 23.3. The van der Waals surface area contributed by atoms with Gasteiger partial charge in [0.1, 0.15) is 0 Å². The van der Waals surface area contributed by atoms with E-state index in [1.54, 1.807) is 48.5 Å². The second-order valence-corrected chi connectivity index (χ2v) is 8.32. The van der Waals surface area contributed by atoms with Gasteiger partial charge in [0.05, 0.1) is 12.8 Å². The van der Waals surface area contributed by atoms with Crippen molar-refractivity contribution in [2.75, 3.05) is 23.4 Å². The first-order valence-electron chi connectivity index (χ1n) is 8.01. The monoisotopic (exact) mass is 409 g/mol. The van der Waals surface area contributed by atoms with E-state index < -0.39 is 15.9 Å². The molecule has 2 rings (SSSR count). The Kier molecular flexibility index (Phi) is 6.95. The number of carbonyl (C=O) groups excluding carboxylic acids is 2. The minimum Gasteiger partial charge on any atom is -0.326 e. The Morgan fingerprint density at radius 3 is 2.07 bits per heavy atom. The number of benzene rings is 2. The molecule has 0 aliphatic rings. The Morgan fingerprint density at radius 1 is 1.00 bits per heavy atom. The zero-order valence-corrected chi connectivity index (χ0v) is 16.5. The number of rotatable bonds is 7. The summed E-state index contributed by atoms with van der Waals surface area (Å²) in [5.41, 5.74) is 1.69. The van der Waals surface area contributed by atoms with Crippen LogP contribution < -0.4 is 10.6 Å². The maximum absolute atomic E-state index is 12.3.